The van der Waals surface area contributed by atoms with E-state index in [9.17, 15) is 54.7 Å². The molecular formula is C40H50F5N5O9S. The van der Waals surface area contributed by atoms with Crippen LogP contribution in [0.5, 0.6) is 11.6 Å². The standard InChI is InChI=1S/C40H50F5N5O9S/c1-22-10-6-7-11-24-18-39(24,35(53)48-60(56,57)38(5)14-15-38)47-32(51)28-17-25(59-33-27-13-9-8-12-26(27)29(19-46-33)58-21-30(41)42)20-49(28)34(52)31(23(2)16-22)50(36(54)55)37(3,4)40(43,44)45/h7-9,11-13,19,22-25,28,30-31H,6,10,14-18,20-21H2,1-5H3,(H,47,51)(H,48,53)(H,54,55)/t22-,23+,24+,25+,28-,31-,39+/m0/s1. The van der Waals surface area contributed by atoms with Crippen molar-refractivity contribution in [3.8, 4) is 11.6 Å². The lowest BCUT2D eigenvalue weighted by Gasteiger charge is -2.45. The quantitative estimate of drug-likeness (QED) is 0.195. The number of halogens is 5. The van der Waals surface area contributed by atoms with Gasteiger partial charge in [0, 0.05) is 23.1 Å². The van der Waals surface area contributed by atoms with E-state index in [1.54, 1.807) is 36.4 Å². The zero-order valence-electron chi connectivity index (χ0n) is 33.8. The number of nitrogens with zero attached hydrogens (tertiary/aromatic N) is 3. The molecule has 2 saturated carbocycles. The number of sulfonamides is 1. The lowest BCUT2D eigenvalue weighted by molar-refractivity contribution is -0.222. The van der Waals surface area contributed by atoms with E-state index in [2.05, 4.69) is 15.0 Å². The molecule has 0 unspecified atom stereocenters. The van der Waals surface area contributed by atoms with Crippen LogP contribution in [0.15, 0.2) is 42.6 Å². The van der Waals surface area contributed by atoms with Gasteiger partial charge in [0.25, 0.3) is 12.3 Å². The molecule has 3 N–H and O–H groups in total. The van der Waals surface area contributed by atoms with Gasteiger partial charge in [-0.25, -0.2) is 27.0 Å². The van der Waals surface area contributed by atoms with Gasteiger partial charge in [0.05, 0.1) is 17.5 Å². The van der Waals surface area contributed by atoms with E-state index < -0.39 is 105 Å². The summed E-state index contributed by atoms with van der Waals surface area (Å²) in [6, 6.07) is 2.87. The maximum absolute atomic E-state index is 15.0. The highest BCUT2D eigenvalue weighted by Crippen LogP contribution is 2.48. The highest BCUT2D eigenvalue weighted by Gasteiger charge is 2.64. The van der Waals surface area contributed by atoms with Crippen molar-refractivity contribution in [1.29, 1.82) is 0 Å². The van der Waals surface area contributed by atoms with Gasteiger partial charge >= 0.3 is 12.3 Å². The molecule has 2 aliphatic heterocycles. The molecule has 0 spiro atoms. The van der Waals surface area contributed by atoms with Crippen LogP contribution >= 0.6 is 0 Å². The Bertz CT molecular complexity index is 2150. The van der Waals surface area contributed by atoms with Crippen LogP contribution in [0.25, 0.3) is 10.8 Å². The monoisotopic (exact) mass is 871 g/mol. The number of hydrogen-bond donors (Lipinski definition) is 3. The maximum Gasteiger partial charge on any atom is 0.411 e. The number of aromatic nitrogens is 1. The second kappa shape index (κ2) is 16.3. The average Bonchev–Trinajstić information content (AvgIpc) is 4.04. The third-order valence-electron chi connectivity index (χ3n) is 12.4. The number of allylic oxidation sites excluding steroid dienone is 1. The molecule has 3 fully saturated rings. The molecule has 4 aliphatic rings. The zero-order valence-corrected chi connectivity index (χ0v) is 34.6. The Morgan fingerprint density at radius 1 is 1.12 bits per heavy atom. The van der Waals surface area contributed by atoms with Gasteiger partial charge in [0.1, 0.15) is 41.6 Å². The van der Waals surface area contributed by atoms with Crippen molar-refractivity contribution < 1.29 is 64.1 Å². The first-order chi connectivity index (χ1) is 27.9. The highest BCUT2D eigenvalue weighted by atomic mass is 32.2. The number of amides is 4. The summed E-state index contributed by atoms with van der Waals surface area (Å²) in [7, 11) is -4.16. The van der Waals surface area contributed by atoms with Gasteiger partial charge < -0.3 is 24.8 Å². The number of hydrogen-bond acceptors (Lipinski definition) is 9. The molecule has 4 amide bonds. The summed E-state index contributed by atoms with van der Waals surface area (Å²) < 4.78 is 109. The molecule has 1 saturated heterocycles. The van der Waals surface area contributed by atoms with Crippen molar-refractivity contribution in [2.45, 2.75) is 126 Å². The molecule has 330 valence electrons. The Morgan fingerprint density at radius 3 is 2.40 bits per heavy atom. The van der Waals surface area contributed by atoms with Crippen molar-refractivity contribution in [2.24, 2.45) is 17.8 Å². The predicted octanol–water partition coefficient (Wildman–Crippen LogP) is 5.80. The predicted molar refractivity (Wildman–Crippen MR) is 207 cm³/mol. The molecule has 0 radical (unpaired) electrons. The Labute approximate surface area is 344 Å². The third-order valence-corrected chi connectivity index (χ3v) is 14.5. The number of ether oxygens (including phenoxy) is 2. The fourth-order valence-electron chi connectivity index (χ4n) is 8.24. The van der Waals surface area contributed by atoms with Crippen LogP contribution in [-0.2, 0) is 24.4 Å². The van der Waals surface area contributed by atoms with Gasteiger partial charge in [0.2, 0.25) is 27.7 Å². The minimum absolute atomic E-state index is 0.00552. The maximum atomic E-state index is 15.0. The summed E-state index contributed by atoms with van der Waals surface area (Å²) in [5, 5.41) is 13.8. The third kappa shape index (κ3) is 8.70. The van der Waals surface area contributed by atoms with Crippen LogP contribution in [0, 0.1) is 17.8 Å². The van der Waals surface area contributed by atoms with Crippen molar-refractivity contribution in [3.63, 3.8) is 0 Å². The molecule has 1 aromatic carbocycles. The van der Waals surface area contributed by atoms with Gasteiger partial charge in [-0.3, -0.25) is 24.0 Å². The van der Waals surface area contributed by atoms with E-state index in [1.807, 2.05) is 6.92 Å². The normalized spacial score (nSPS) is 28.5. The molecule has 14 nitrogen and oxygen atoms in total. The van der Waals surface area contributed by atoms with E-state index in [0.29, 0.717) is 50.3 Å². The van der Waals surface area contributed by atoms with Crippen molar-refractivity contribution >= 4 is 44.6 Å². The van der Waals surface area contributed by atoms with Gasteiger partial charge in [0.15, 0.2) is 0 Å². The van der Waals surface area contributed by atoms with E-state index in [1.165, 1.54) is 13.8 Å². The number of nitrogens with one attached hydrogen (secondary N) is 2. The Balaban J connectivity index is 1.42. The molecule has 3 heterocycles. The van der Waals surface area contributed by atoms with E-state index in [-0.39, 0.29) is 41.7 Å². The Hall–Kier alpha value is -4.75. The summed E-state index contributed by atoms with van der Waals surface area (Å²) in [6.07, 6.45) is -5.05. The number of carboxylic acid groups (broad SMARTS) is 1. The number of fused-ring (bicyclic) bond motifs is 3. The fourth-order valence-corrected chi connectivity index (χ4v) is 9.56. The molecule has 6 rings (SSSR count). The number of benzene rings is 1. The van der Waals surface area contributed by atoms with Crippen LogP contribution in [0.2, 0.25) is 0 Å². The first-order valence-electron chi connectivity index (χ1n) is 19.8. The van der Waals surface area contributed by atoms with Crippen LogP contribution < -0.4 is 19.5 Å². The second-order valence-electron chi connectivity index (χ2n) is 17.3. The fraction of sp³-hybridized carbons (Fsp3) is 0.625. The minimum Gasteiger partial charge on any atom is -0.485 e. The van der Waals surface area contributed by atoms with Gasteiger partial charge in [-0.15, -0.1) is 0 Å². The molecule has 7 atom stereocenters. The van der Waals surface area contributed by atoms with E-state index in [0.717, 1.165) is 11.1 Å². The topological polar surface area (TPSA) is 185 Å². The first-order valence-corrected chi connectivity index (χ1v) is 21.3. The number of pyridine rings is 1. The number of rotatable bonds is 10. The molecule has 60 heavy (non-hydrogen) atoms. The number of alkyl halides is 5. The minimum atomic E-state index is -5.14. The van der Waals surface area contributed by atoms with Gasteiger partial charge in [-0.2, -0.15) is 13.2 Å². The molecule has 1 aromatic heterocycles. The number of carbonyl (C=O) groups excluding carboxylic acids is 3. The lowest BCUT2D eigenvalue weighted by Crippen LogP contribution is -2.66. The van der Waals surface area contributed by atoms with Crippen LogP contribution in [0.3, 0.4) is 0 Å². The molecule has 0 bridgehead atoms. The zero-order chi connectivity index (χ0) is 44.2. The molecule has 20 heteroatoms. The lowest BCUT2D eigenvalue weighted by atomic mass is 9.85. The molecule has 2 aromatic rings. The van der Waals surface area contributed by atoms with Crippen molar-refractivity contribution in [3.05, 3.63) is 42.6 Å². The Morgan fingerprint density at radius 2 is 1.78 bits per heavy atom. The van der Waals surface area contributed by atoms with Crippen molar-refractivity contribution in [2.75, 3.05) is 13.2 Å². The van der Waals surface area contributed by atoms with E-state index in [4.69, 9.17) is 9.47 Å². The average molecular weight is 872 g/mol. The molecular weight excluding hydrogens is 822 g/mol. The molecule has 2 aliphatic carbocycles. The summed E-state index contributed by atoms with van der Waals surface area (Å²) in [6.45, 7) is 4.73. The Kier molecular flexibility index (Phi) is 12.1. The summed E-state index contributed by atoms with van der Waals surface area (Å²) >= 11 is 0. The summed E-state index contributed by atoms with van der Waals surface area (Å²) in [5.74, 6) is -4.97. The second-order valence-corrected chi connectivity index (χ2v) is 19.5. The SMILES string of the molecule is C[C@H]1CCC=C[C@@H]2C[C@@]2(C(=O)NS(=O)(=O)C2(C)CC2)NC(=O)[C@@H]2C[C@@H](Oc3ncc(OCC(F)F)c4ccccc34)CN2C(=O)[C@@H](N(C(=O)O)C(C)(C)C(F)(F)F)[C@H](C)C1. The summed E-state index contributed by atoms with van der Waals surface area (Å²) in [4.78, 5) is 61.7. The van der Waals surface area contributed by atoms with Crippen LogP contribution in [-0.4, -0.2) is 112 Å². The van der Waals surface area contributed by atoms with E-state index >= 15 is 0 Å². The van der Waals surface area contributed by atoms with Crippen molar-refractivity contribution in [1.82, 2.24) is 24.8 Å². The van der Waals surface area contributed by atoms with Crippen LogP contribution in [0.1, 0.15) is 79.6 Å². The smallest absolute Gasteiger partial charge is 0.411 e. The largest absolute Gasteiger partial charge is 0.485 e. The van der Waals surface area contributed by atoms with Gasteiger partial charge in [-0.05, 0) is 77.2 Å². The number of carbonyl (C=O) groups is 4. The van der Waals surface area contributed by atoms with Crippen LogP contribution in [0.4, 0.5) is 26.7 Å². The van der Waals surface area contributed by atoms with Gasteiger partial charge in [-0.1, -0.05) is 44.2 Å². The summed E-state index contributed by atoms with van der Waals surface area (Å²) in [5.41, 5.74) is -4.85. The highest BCUT2D eigenvalue weighted by molar-refractivity contribution is 7.91. The first kappa shape index (κ1) is 44.8.